The third-order valence-electron chi connectivity index (χ3n) is 2.83. The van der Waals surface area contributed by atoms with Crippen LogP contribution in [0.2, 0.25) is 0 Å². The van der Waals surface area contributed by atoms with Crippen LogP contribution in [0.15, 0.2) is 0 Å². The molecule has 0 heterocycles. The van der Waals surface area contributed by atoms with Crippen molar-refractivity contribution in [1.82, 2.24) is 10.6 Å². The highest BCUT2D eigenvalue weighted by molar-refractivity contribution is 7.99. The number of hydrogen-bond acceptors (Lipinski definition) is 5. The molecule has 0 aliphatic heterocycles. The van der Waals surface area contributed by atoms with Gasteiger partial charge in [0.2, 0.25) is 0 Å². The summed E-state index contributed by atoms with van der Waals surface area (Å²) in [5.41, 5.74) is 0. The monoisotopic (exact) mass is 304 g/mol. The zero-order valence-electron chi connectivity index (χ0n) is 11.4. The third kappa shape index (κ3) is 6.76. The summed E-state index contributed by atoms with van der Waals surface area (Å²) in [5, 5.41) is 13.8. The lowest BCUT2D eigenvalue weighted by molar-refractivity contribution is -0.143. The van der Waals surface area contributed by atoms with Crippen molar-refractivity contribution >= 4 is 29.7 Å². The van der Waals surface area contributed by atoms with Crippen molar-refractivity contribution in [3.63, 3.8) is 0 Å². The number of imide groups is 1. The number of carbonyl (C=O) groups is 3. The number of urea groups is 1. The Morgan fingerprint density at radius 2 is 2.05 bits per heavy atom. The molecule has 7 nitrogen and oxygen atoms in total. The summed E-state index contributed by atoms with van der Waals surface area (Å²) in [4.78, 5) is 33.0. The molecule has 1 aliphatic rings. The maximum absolute atomic E-state index is 11.5. The van der Waals surface area contributed by atoms with Crippen molar-refractivity contribution < 1.29 is 24.2 Å². The first-order valence-corrected chi connectivity index (χ1v) is 7.57. The van der Waals surface area contributed by atoms with Crippen LogP contribution in [-0.2, 0) is 14.3 Å². The number of thioether (sulfide) groups is 1. The molecule has 20 heavy (non-hydrogen) atoms. The van der Waals surface area contributed by atoms with Gasteiger partial charge in [-0.15, -0.1) is 0 Å². The standard InChI is InChI=1S/C12H20N2O5S/c1-2-20-9-4-3-8(5-9)13-12(18)14-10(15)6-19-7-11(16)17/h8-9H,2-7H2,1H3,(H,16,17)(H2,13,14,15,18). The van der Waals surface area contributed by atoms with Gasteiger partial charge < -0.3 is 15.2 Å². The molecule has 0 spiro atoms. The van der Waals surface area contributed by atoms with E-state index in [4.69, 9.17) is 5.11 Å². The normalized spacial score (nSPS) is 21.4. The third-order valence-corrected chi connectivity index (χ3v) is 4.07. The van der Waals surface area contributed by atoms with Gasteiger partial charge >= 0.3 is 12.0 Å². The van der Waals surface area contributed by atoms with E-state index in [1.165, 1.54) is 0 Å². The van der Waals surface area contributed by atoms with Crippen molar-refractivity contribution in [2.45, 2.75) is 37.5 Å². The maximum atomic E-state index is 11.5. The van der Waals surface area contributed by atoms with E-state index in [0.717, 1.165) is 25.0 Å². The minimum Gasteiger partial charge on any atom is -0.480 e. The first-order valence-electron chi connectivity index (χ1n) is 6.52. The number of aliphatic carboxylic acids is 1. The van der Waals surface area contributed by atoms with Crippen molar-refractivity contribution in [2.75, 3.05) is 19.0 Å². The van der Waals surface area contributed by atoms with E-state index in [-0.39, 0.29) is 6.04 Å². The van der Waals surface area contributed by atoms with E-state index in [1.54, 1.807) is 0 Å². The first kappa shape index (κ1) is 16.8. The van der Waals surface area contributed by atoms with Gasteiger partial charge in [-0.05, 0) is 25.0 Å². The molecule has 0 aromatic rings. The topological polar surface area (TPSA) is 105 Å². The Morgan fingerprint density at radius 3 is 2.70 bits per heavy atom. The van der Waals surface area contributed by atoms with Crippen molar-refractivity contribution in [2.24, 2.45) is 0 Å². The van der Waals surface area contributed by atoms with Gasteiger partial charge in [0.1, 0.15) is 13.2 Å². The Morgan fingerprint density at radius 1 is 1.30 bits per heavy atom. The highest BCUT2D eigenvalue weighted by Crippen LogP contribution is 2.29. The van der Waals surface area contributed by atoms with Crippen molar-refractivity contribution in [1.29, 1.82) is 0 Å². The number of carbonyl (C=O) groups excluding carboxylic acids is 2. The molecule has 1 saturated carbocycles. The van der Waals surface area contributed by atoms with Gasteiger partial charge in [-0.3, -0.25) is 10.1 Å². The van der Waals surface area contributed by atoms with E-state index in [9.17, 15) is 14.4 Å². The van der Waals surface area contributed by atoms with Gasteiger partial charge in [-0.1, -0.05) is 6.92 Å². The van der Waals surface area contributed by atoms with E-state index >= 15 is 0 Å². The van der Waals surface area contributed by atoms with Crippen LogP contribution in [0.1, 0.15) is 26.2 Å². The predicted molar refractivity (Wildman–Crippen MR) is 74.7 cm³/mol. The second-order valence-electron chi connectivity index (χ2n) is 4.50. The number of ether oxygens (including phenoxy) is 1. The lowest BCUT2D eigenvalue weighted by Gasteiger charge is -2.13. The molecule has 1 fully saturated rings. The quantitative estimate of drug-likeness (QED) is 0.636. The Balaban J connectivity index is 2.17. The number of amides is 3. The zero-order chi connectivity index (χ0) is 15.0. The number of rotatable bonds is 7. The van der Waals surface area contributed by atoms with Gasteiger partial charge in [0.15, 0.2) is 0 Å². The smallest absolute Gasteiger partial charge is 0.329 e. The van der Waals surface area contributed by atoms with Crippen LogP contribution in [0.5, 0.6) is 0 Å². The molecule has 1 rings (SSSR count). The molecular weight excluding hydrogens is 284 g/mol. The fourth-order valence-corrected chi connectivity index (χ4v) is 3.22. The van der Waals surface area contributed by atoms with Crippen LogP contribution in [0.3, 0.4) is 0 Å². The number of nitrogens with one attached hydrogen (secondary N) is 2. The summed E-state index contributed by atoms with van der Waals surface area (Å²) in [6, 6.07) is -0.465. The molecule has 8 heteroatoms. The average Bonchev–Trinajstić information content (AvgIpc) is 2.76. The average molecular weight is 304 g/mol. The minimum absolute atomic E-state index is 0.0896. The summed E-state index contributed by atoms with van der Waals surface area (Å²) >= 11 is 1.88. The van der Waals surface area contributed by atoms with Crippen LogP contribution >= 0.6 is 11.8 Å². The fraction of sp³-hybridized carbons (Fsp3) is 0.750. The Labute approximate surface area is 121 Å². The molecular formula is C12H20N2O5S. The molecule has 0 saturated heterocycles. The van der Waals surface area contributed by atoms with Gasteiger partial charge in [0, 0.05) is 11.3 Å². The second kappa shape index (κ2) is 8.80. The summed E-state index contributed by atoms with van der Waals surface area (Å²) in [7, 11) is 0. The maximum Gasteiger partial charge on any atom is 0.329 e. The molecule has 0 radical (unpaired) electrons. The van der Waals surface area contributed by atoms with Gasteiger partial charge in [-0.25, -0.2) is 9.59 Å². The summed E-state index contributed by atoms with van der Waals surface area (Å²) < 4.78 is 4.58. The van der Waals surface area contributed by atoms with Crippen LogP contribution < -0.4 is 10.6 Å². The van der Waals surface area contributed by atoms with Crippen molar-refractivity contribution in [3.8, 4) is 0 Å². The first-order chi connectivity index (χ1) is 9.51. The summed E-state index contributed by atoms with van der Waals surface area (Å²) in [6.07, 6.45) is 2.89. The SMILES string of the molecule is CCSC1CCC(NC(=O)NC(=O)COCC(=O)O)C1. The second-order valence-corrected chi connectivity index (χ2v) is 6.07. The Bertz CT molecular complexity index is 364. The summed E-state index contributed by atoms with van der Waals surface area (Å²) in [5.74, 6) is -0.753. The highest BCUT2D eigenvalue weighted by atomic mass is 32.2. The molecule has 3 N–H and O–H groups in total. The van der Waals surface area contributed by atoms with Gasteiger partial charge in [0.25, 0.3) is 5.91 Å². The highest BCUT2D eigenvalue weighted by Gasteiger charge is 2.26. The summed E-state index contributed by atoms with van der Waals surface area (Å²) in [6.45, 7) is 1.10. The van der Waals surface area contributed by atoms with E-state index in [1.807, 2.05) is 11.8 Å². The van der Waals surface area contributed by atoms with E-state index < -0.39 is 31.1 Å². The lowest BCUT2D eigenvalue weighted by Crippen LogP contribution is -2.45. The van der Waals surface area contributed by atoms with Crippen LogP contribution in [0.25, 0.3) is 0 Å². The van der Waals surface area contributed by atoms with Crippen LogP contribution in [0, 0.1) is 0 Å². The number of carboxylic acids is 1. The fourth-order valence-electron chi connectivity index (χ4n) is 2.07. The van der Waals surface area contributed by atoms with E-state index in [2.05, 4.69) is 22.3 Å². The molecule has 114 valence electrons. The van der Waals surface area contributed by atoms with Gasteiger partial charge in [0.05, 0.1) is 0 Å². The molecule has 0 aromatic carbocycles. The molecule has 2 atom stereocenters. The number of carboxylic acid groups (broad SMARTS) is 1. The molecule has 0 bridgehead atoms. The molecule has 0 aromatic heterocycles. The Kier molecular flexibility index (Phi) is 7.38. The van der Waals surface area contributed by atoms with Crippen LogP contribution in [-0.4, -0.2) is 53.3 Å². The predicted octanol–water partition coefficient (Wildman–Crippen LogP) is 0.588. The molecule has 1 aliphatic carbocycles. The zero-order valence-corrected chi connectivity index (χ0v) is 12.2. The van der Waals surface area contributed by atoms with Crippen molar-refractivity contribution in [3.05, 3.63) is 0 Å². The molecule has 2 unspecified atom stereocenters. The number of hydrogen-bond donors (Lipinski definition) is 3. The largest absolute Gasteiger partial charge is 0.480 e. The van der Waals surface area contributed by atoms with E-state index in [0.29, 0.717) is 5.25 Å². The van der Waals surface area contributed by atoms with Crippen LogP contribution in [0.4, 0.5) is 4.79 Å². The van der Waals surface area contributed by atoms with Gasteiger partial charge in [-0.2, -0.15) is 11.8 Å². The Hall–Kier alpha value is -1.28. The molecule has 3 amide bonds. The lowest BCUT2D eigenvalue weighted by atomic mass is 10.2. The minimum atomic E-state index is -1.16.